The smallest absolute Gasteiger partial charge is 0.253 e. The summed E-state index contributed by atoms with van der Waals surface area (Å²) in [6.07, 6.45) is 3.11. The standard InChI is InChI=1S/C8H7Cl3N2OS/c1-5(6(14)8(9,10)11)4-13-7-12-2-3-15-7/h2-4H,1H3,(H,12,13)/b5-4+. The van der Waals surface area contributed by atoms with Gasteiger partial charge in [-0.05, 0) is 6.92 Å². The molecule has 0 aliphatic heterocycles. The predicted octanol–water partition coefficient (Wildman–Crippen LogP) is 3.40. The first-order chi connectivity index (χ1) is 6.91. The molecule has 0 unspecified atom stereocenters. The summed E-state index contributed by atoms with van der Waals surface area (Å²) >= 11 is 17.7. The molecule has 0 saturated heterocycles. The van der Waals surface area contributed by atoms with Crippen molar-refractivity contribution >= 4 is 57.1 Å². The first-order valence-corrected chi connectivity index (χ1v) is 5.87. The van der Waals surface area contributed by atoms with Gasteiger partial charge in [-0.15, -0.1) is 11.3 Å². The summed E-state index contributed by atoms with van der Waals surface area (Å²) in [6.45, 7) is 1.56. The van der Waals surface area contributed by atoms with Gasteiger partial charge in [0, 0.05) is 23.3 Å². The summed E-state index contributed by atoms with van der Waals surface area (Å²) in [6, 6.07) is 0. The Morgan fingerprint density at radius 3 is 2.73 bits per heavy atom. The number of nitrogens with zero attached hydrogens (tertiary/aromatic N) is 1. The van der Waals surface area contributed by atoms with E-state index in [4.69, 9.17) is 34.8 Å². The fourth-order valence-corrected chi connectivity index (χ4v) is 1.70. The molecule has 7 heteroatoms. The average molecular weight is 286 g/mol. The molecule has 15 heavy (non-hydrogen) atoms. The van der Waals surface area contributed by atoms with Gasteiger partial charge in [-0.3, -0.25) is 4.79 Å². The molecule has 0 saturated carbocycles. The predicted molar refractivity (Wildman–Crippen MR) is 64.8 cm³/mol. The minimum atomic E-state index is -1.91. The third-order valence-corrected chi connectivity index (χ3v) is 2.68. The zero-order chi connectivity index (χ0) is 11.5. The second kappa shape index (κ2) is 5.16. The van der Waals surface area contributed by atoms with Crippen LogP contribution in [-0.4, -0.2) is 14.6 Å². The summed E-state index contributed by atoms with van der Waals surface area (Å²) in [4.78, 5) is 15.4. The topological polar surface area (TPSA) is 42.0 Å². The number of carbonyl (C=O) groups is 1. The summed E-state index contributed by atoms with van der Waals surface area (Å²) in [5.41, 5.74) is 0.324. The quantitative estimate of drug-likeness (QED) is 0.683. The monoisotopic (exact) mass is 284 g/mol. The third kappa shape index (κ3) is 3.99. The average Bonchev–Trinajstić information content (AvgIpc) is 2.63. The Kier molecular flexibility index (Phi) is 4.40. The van der Waals surface area contributed by atoms with Crippen LogP contribution in [0.1, 0.15) is 6.92 Å². The molecule has 3 nitrogen and oxygen atoms in total. The fourth-order valence-electron chi connectivity index (χ4n) is 0.754. The highest BCUT2D eigenvalue weighted by Gasteiger charge is 2.31. The van der Waals surface area contributed by atoms with Gasteiger partial charge in [0.25, 0.3) is 3.79 Å². The molecule has 0 bridgehead atoms. The van der Waals surface area contributed by atoms with Crippen molar-refractivity contribution in [3.8, 4) is 0 Å². The van der Waals surface area contributed by atoms with E-state index in [2.05, 4.69) is 10.3 Å². The molecule has 0 atom stereocenters. The van der Waals surface area contributed by atoms with Gasteiger partial charge in [0.15, 0.2) is 5.13 Å². The number of alkyl halides is 3. The second-order valence-electron chi connectivity index (χ2n) is 2.64. The van der Waals surface area contributed by atoms with Crippen molar-refractivity contribution in [2.75, 3.05) is 5.32 Å². The minimum absolute atomic E-state index is 0.324. The molecular formula is C8H7Cl3N2OS. The van der Waals surface area contributed by atoms with E-state index in [0.717, 1.165) is 0 Å². The van der Waals surface area contributed by atoms with Crippen molar-refractivity contribution in [3.05, 3.63) is 23.3 Å². The molecule has 1 heterocycles. The maximum Gasteiger partial charge on any atom is 0.253 e. The number of nitrogens with one attached hydrogen (secondary N) is 1. The zero-order valence-corrected chi connectivity index (χ0v) is 10.7. The molecule has 1 aromatic rings. The van der Waals surface area contributed by atoms with Gasteiger partial charge in [0.1, 0.15) is 0 Å². The highest BCUT2D eigenvalue weighted by atomic mass is 35.6. The lowest BCUT2D eigenvalue weighted by Crippen LogP contribution is -2.20. The number of ketones is 1. The van der Waals surface area contributed by atoms with Crippen LogP contribution in [0.4, 0.5) is 5.13 Å². The van der Waals surface area contributed by atoms with Crippen LogP contribution < -0.4 is 5.32 Å². The van der Waals surface area contributed by atoms with Crippen LogP contribution in [0.2, 0.25) is 0 Å². The molecule has 1 aromatic heterocycles. The number of thiazole rings is 1. The Balaban J connectivity index is 2.65. The van der Waals surface area contributed by atoms with E-state index in [1.54, 1.807) is 13.1 Å². The Hall–Kier alpha value is -0.290. The molecule has 0 aromatic carbocycles. The van der Waals surface area contributed by atoms with E-state index >= 15 is 0 Å². The Morgan fingerprint density at radius 1 is 1.60 bits per heavy atom. The Labute approximate surface area is 106 Å². The largest absolute Gasteiger partial charge is 0.338 e. The summed E-state index contributed by atoms with van der Waals surface area (Å²) in [5.74, 6) is -0.559. The van der Waals surface area contributed by atoms with Gasteiger partial charge in [-0.25, -0.2) is 4.98 Å². The molecular weight excluding hydrogens is 279 g/mol. The molecule has 0 aliphatic carbocycles. The van der Waals surface area contributed by atoms with Crippen molar-refractivity contribution in [2.45, 2.75) is 10.7 Å². The highest BCUT2D eigenvalue weighted by Crippen LogP contribution is 2.29. The number of hydrogen-bond donors (Lipinski definition) is 1. The van der Waals surface area contributed by atoms with Crippen molar-refractivity contribution in [1.29, 1.82) is 0 Å². The number of anilines is 1. The summed E-state index contributed by atoms with van der Waals surface area (Å²) in [5, 5.41) is 5.31. The Morgan fingerprint density at radius 2 is 2.27 bits per heavy atom. The molecule has 0 amide bonds. The molecule has 1 N–H and O–H groups in total. The first-order valence-electron chi connectivity index (χ1n) is 3.85. The van der Waals surface area contributed by atoms with E-state index in [1.165, 1.54) is 17.5 Å². The lowest BCUT2D eigenvalue weighted by atomic mass is 10.2. The van der Waals surface area contributed by atoms with Crippen LogP contribution in [0.25, 0.3) is 0 Å². The first kappa shape index (κ1) is 12.8. The van der Waals surface area contributed by atoms with Crippen molar-refractivity contribution in [2.24, 2.45) is 0 Å². The molecule has 82 valence electrons. The van der Waals surface area contributed by atoms with Crippen LogP contribution in [0, 0.1) is 0 Å². The van der Waals surface area contributed by atoms with Gasteiger partial charge >= 0.3 is 0 Å². The van der Waals surface area contributed by atoms with E-state index < -0.39 is 9.58 Å². The minimum Gasteiger partial charge on any atom is -0.338 e. The maximum absolute atomic E-state index is 11.4. The summed E-state index contributed by atoms with van der Waals surface area (Å²) < 4.78 is -1.91. The number of halogens is 3. The normalized spacial score (nSPS) is 12.7. The number of rotatable bonds is 3. The van der Waals surface area contributed by atoms with Crippen LogP contribution in [-0.2, 0) is 4.79 Å². The van der Waals surface area contributed by atoms with Crippen molar-refractivity contribution in [3.63, 3.8) is 0 Å². The zero-order valence-electron chi connectivity index (χ0n) is 7.63. The highest BCUT2D eigenvalue weighted by molar-refractivity contribution is 7.13. The van der Waals surface area contributed by atoms with E-state index in [-0.39, 0.29) is 0 Å². The lowest BCUT2D eigenvalue weighted by molar-refractivity contribution is -0.114. The number of carbonyl (C=O) groups excluding carboxylic acids is 1. The molecule has 0 aliphatic rings. The van der Waals surface area contributed by atoms with Crippen LogP contribution in [0.15, 0.2) is 23.3 Å². The van der Waals surface area contributed by atoms with Crippen LogP contribution in [0.5, 0.6) is 0 Å². The summed E-state index contributed by atoms with van der Waals surface area (Å²) in [7, 11) is 0. The van der Waals surface area contributed by atoms with Gasteiger partial charge < -0.3 is 5.32 Å². The lowest BCUT2D eigenvalue weighted by Gasteiger charge is -2.09. The molecule has 1 rings (SSSR count). The van der Waals surface area contributed by atoms with Gasteiger partial charge in [-0.2, -0.15) is 0 Å². The number of hydrogen-bond acceptors (Lipinski definition) is 4. The van der Waals surface area contributed by atoms with Crippen molar-refractivity contribution in [1.82, 2.24) is 4.98 Å². The second-order valence-corrected chi connectivity index (χ2v) is 5.81. The third-order valence-electron chi connectivity index (χ3n) is 1.46. The number of aromatic nitrogens is 1. The van der Waals surface area contributed by atoms with Gasteiger partial charge in [0.2, 0.25) is 5.78 Å². The number of Topliss-reactive ketones (excluding diaryl/α,β-unsaturated/α-hetero) is 1. The molecule has 0 fully saturated rings. The molecule has 0 radical (unpaired) electrons. The van der Waals surface area contributed by atoms with Crippen LogP contribution >= 0.6 is 46.1 Å². The SMILES string of the molecule is C/C(=C\Nc1nccs1)C(=O)C(Cl)(Cl)Cl. The van der Waals surface area contributed by atoms with Gasteiger partial charge in [-0.1, -0.05) is 34.8 Å². The van der Waals surface area contributed by atoms with E-state index in [0.29, 0.717) is 10.7 Å². The van der Waals surface area contributed by atoms with E-state index in [1.807, 2.05) is 5.38 Å². The van der Waals surface area contributed by atoms with Crippen LogP contribution in [0.3, 0.4) is 0 Å². The van der Waals surface area contributed by atoms with E-state index in [9.17, 15) is 4.79 Å². The van der Waals surface area contributed by atoms with Crippen molar-refractivity contribution < 1.29 is 4.79 Å². The molecule has 0 spiro atoms. The van der Waals surface area contributed by atoms with Gasteiger partial charge in [0.05, 0.1) is 0 Å². The number of allylic oxidation sites excluding steroid dienone is 1. The fraction of sp³-hybridized carbons (Fsp3) is 0.250. The Bertz CT molecular complexity index is 370. The maximum atomic E-state index is 11.4.